The van der Waals surface area contributed by atoms with Crippen LogP contribution in [-0.4, -0.2) is 80.2 Å². The Kier molecular flexibility index (Phi) is 6.27. The van der Waals surface area contributed by atoms with Crippen molar-refractivity contribution in [3.63, 3.8) is 0 Å². The molecule has 2 saturated carbocycles. The Morgan fingerprint density at radius 3 is 2.50 bits per heavy atom. The summed E-state index contributed by atoms with van der Waals surface area (Å²) in [6.07, 6.45) is 8.61. The van der Waals surface area contributed by atoms with Crippen LogP contribution in [0.25, 0.3) is 22.2 Å². The number of hydrogen-bond donors (Lipinski definition) is 1. The van der Waals surface area contributed by atoms with Crippen LogP contribution in [-0.2, 0) is 21.4 Å². The molecule has 2 aromatic carbocycles. The first-order chi connectivity index (χ1) is 21.1. The van der Waals surface area contributed by atoms with Crippen molar-refractivity contribution >= 4 is 32.7 Å². The van der Waals surface area contributed by atoms with Gasteiger partial charge in [0.05, 0.1) is 24.5 Å². The summed E-state index contributed by atoms with van der Waals surface area (Å²) in [5.74, 6) is 0.858. The number of likely N-dealkylation sites (N-methyl/N-ethyl adjacent to an activating group) is 1. The molecule has 1 N–H and O–H groups in total. The number of carbonyl (C=O) groups is 2. The Labute approximate surface area is 258 Å². The molecule has 232 valence electrons. The van der Waals surface area contributed by atoms with E-state index in [0.29, 0.717) is 24.1 Å². The molecule has 4 heterocycles. The van der Waals surface area contributed by atoms with Crippen molar-refractivity contribution in [1.82, 2.24) is 19.1 Å². The minimum absolute atomic E-state index is 0.0860. The zero-order valence-corrected chi connectivity index (χ0v) is 26.5. The number of amides is 2. The first-order valence-electron chi connectivity index (χ1n) is 16.0. The van der Waals surface area contributed by atoms with Crippen molar-refractivity contribution < 1.29 is 22.7 Å². The first kappa shape index (κ1) is 28.1. The maximum absolute atomic E-state index is 14.7. The van der Waals surface area contributed by atoms with E-state index in [1.807, 2.05) is 18.2 Å². The number of methoxy groups -OCH3 is 1. The molecular formula is C34H40N4O5S. The van der Waals surface area contributed by atoms with E-state index in [1.54, 1.807) is 13.2 Å². The van der Waals surface area contributed by atoms with Gasteiger partial charge in [-0.1, -0.05) is 25.3 Å². The number of carbonyl (C=O) groups excluding carboxylic acids is 2. The van der Waals surface area contributed by atoms with E-state index >= 15 is 0 Å². The zero-order chi connectivity index (χ0) is 30.5. The van der Waals surface area contributed by atoms with Crippen LogP contribution in [0.15, 0.2) is 36.4 Å². The number of fused-ring (bicyclic) bond motifs is 9. The van der Waals surface area contributed by atoms with Gasteiger partial charge in [0.15, 0.2) is 0 Å². The molecule has 1 aromatic heterocycles. The van der Waals surface area contributed by atoms with E-state index in [0.717, 1.165) is 72.9 Å². The van der Waals surface area contributed by atoms with Crippen molar-refractivity contribution in [1.29, 1.82) is 0 Å². The Morgan fingerprint density at radius 2 is 1.82 bits per heavy atom. The smallest absolute Gasteiger partial charge is 0.264 e. The fourth-order valence-corrected chi connectivity index (χ4v) is 9.50. The predicted octanol–water partition coefficient (Wildman–Crippen LogP) is 4.46. The van der Waals surface area contributed by atoms with Crippen LogP contribution in [0.4, 0.5) is 0 Å². The van der Waals surface area contributed by atoms with E-state index in [4.69, 9.17) is 4.74 Å². The highest BCUT2D eigenvalue weighted by Gasteiger charge is 2.65. The molecule has 5 aliphatic rings. The number of hydrogen-bond acceptors (Lipinski definition) is 6. The highest BCUT2D eigenvalue weighted by Crippen LogP contribution is 2.66. The third-order valence-electron chi connectivity index (χ3n) is 11.3. The van der Waals surface area contributed by atoms with Crippen LogP contribution in [0.3, 0.4) is 0 Å². The van der Waals surface area contributed by atoms with Crippen molar-refractivity contribution in [2.24, 2.45) is 5.41 Å². The maximum atomic E-state index is 14.7. The third-order valence-corrected chi connectivity index (χ3v) is 11.8. The monoisotopic (exact) mass is 616 g/mol. The summed E-state index contributed by atoms with van der Waals surface area (Å²) in [6.45, 7) is 2.23. The summed E-state index contributed by atoms with van der Waals surface area (Å²) >= 11 is 0. The number of rotatable bonds is 5. The average molecular weight is 617 g/mol. The van der Waals surface area contributed by atoms with Gasteiger partial charge in [0.2, 0.25) is 15.9 Å². The summed E-state index contributed by atoms with van der Waals surface area (Å²) in [4.78, 5) is 32.3. The van der Waals surface area contributed by atoms with Crippen LogP contribution >= 0.6 is 0 Å². The molecule has 2 amide bonds. The second-order valence-corrected chi connectivity index (χ2v) is 15.7. The summed E-state index contributed by atoms with van der Waals surface area (Å²) in [5.41, 5.74) is 5.38. The molecule has 4 fully saturated rings. The fourth-order valence-electron chi connectivity index (χ4n) is 9.05. The van der Waals surface area contributed by atoms with Gasteiger partial charge in [-0.25, -0.2) is 13.1 Å². The third kappa shape index (κ3) is 4.24. The average Bonchev–Trinajstić information content (AvgIpc) is 3.25. The normalized spacial score (nSPS) is 27.9. The number of likely N-dealkylation sites (tertiary alicyclic amines) is 2. The number of sulfonamides is 1. The molecule has 4 atom stereocenters. The maximum Gasteiger partial charge on any atom is 0.264 e. The Morgan fingerprint density at radius 1 is 1.02 bits per heavy atom. The molecule has 10 heteroatoms. The summed E-state index contributed by atoms with van der Waals surface area (Å²) in [7, 11) is 0.124. The van der Waals surface area contributed by atoms with E-state index < -0.39 is 21.3 Å². The molecule has 2 aliphatic carbocycles. The number of aromatic nitrogens is 1. The van der Waals surface area contributed by atoms with Gasteiger partial charge in [-0.15, -0.1) is 0 Å². The molecule has 2 saturated heterocycles. The summed E-state index contributed by atoms with van der Waals surface area (Å²) < 4.78 is 34.0. The number of benzene rings is 2. The molecule has 3 aliphatic heterocycles. The van der Waals surface area contributed by atoms with Crippen LogP contribution in [0.2, 0.25) is 0 Å². The quantitative estimate of drug-likeness (QED) is 0.455. The Bertz CT molecular complexity index is 1820. The van der Waals surface area contributed by atoms with Gasteiger partial charge in [-0.3, -0.25) is 14.5 Å². The van der Waals surface area contributed by atoms with Crippen molar-refractivity contribution in [2.45, 2.75) is 75.4 Å². The molecule has 2 unspecified atom stereocenters. The molecule has 0 radical (unpaired) electrons. The fraction of sp³-hybridized carbons (Fsp3) is 0.529. The van der Waals surface area contributed by atoms with Crippen LogP contribution < -0.4 is 9.46 Å². The SMILES string of the molecule is COc1ccc2c(c1)C1CC1(C(=O)N1C[C@@H]3C[C@H]1CN3C)Cn1c-2c(C2CCCCC2)c2ccc(C(=O)NS(C)(=O)=O)cc21. The van der Waals surface area contributed by atoms with Gasteiger partial charge in [0, 0.05) is 59.7 Å². The number of piperazine rings is 1. The molecule has 2 bridgehead atoms. The van der Waals surface area contributed by atoms with Crippen molar-refractivity contribution in [2.75, 3.05) is 33.5 Å². The largest absolute Gasteiger partial charge is 0.497 e. The lowest BCUT2D eigenvalue weighted by Gasteiger charge is -2.35. The van der Waals surface area contributed by atoms with Crippen molar-refractivity contribution in [3.8, 4) is 17.0 Å². The summed E-state index contributed by atoms with van der Waals surface area (Å²) in [6, 6.07) is 12.6. The van der Waals surface area contributed by atoms with E-state index in [9.17, 15) is 18.0 Å². The van der Waals surface area contributed by atoms with Crippen LogP contribution in [0.1, 0.15) is 78.3 Å². The lowest BCUT2D eigenvalue weighted by atomic mass is 9.81. The van der Waals surface area contributed by atoms with E-state index in [2.05, 4.69) is 38.3 Å². The van der Waals surface area contributed by atoms with Gasteiger partial charge < -0.3 is 14.2 Å². The topological polar surface area (TPSA) is 101 Å². The lowest BCUT2D eigenvalue weighted by molar-refractivity contribution is -0.140. The Balaban J connectivity index is 1.33. The standard InChI is InChI=1S/C34H40N4O5S/c1-36-17-23-14-22(36)18-37(23)33(40)34-16-28(34)27-15-24(43-2)10-12-25(27)31-30(20-7-5-4-6-8-20)26-11-9-21(13-29(26)38(31)19-34)32(39)35-44(3,41)42/h9-13,15,20,22-23,28H,4-8,14,16-19H2,1-3H3,(H,35,39)/t22-,23-,28?,34?/m0/s1. The molecular weight excluding hydrogens is 576 g/mol. The minimum atomic E-state index is -3.72. The minimum Gasteiger partial charge on any atom is -0.497 e. The van der Waals surface area contributed by atoms with E-state index in [-0.39, 0.29) is 17.9 Å². The molecule has 44 heavy (non-hydrogen) atoms. The van der Waals surface area contributed by atoms with Gasteiger partial charge in [-0.2, -0.15) is 0 Å². The van der Waals surface area contributed by atoms with Crippen molar-refractivity contribution in [3.05, 3.63) is 53.1 Å². The molecule has 9 nitrogen and oxygen atoms in total. The summed E-state index contributed by atoms with van der Waals surface area (Å²) in [5, 5.41) is 1.09. The van der Waals surface area contributed by atoms with Gasteiger partial charge in [-0.05, 0) is 80.1 Å². The van der Waals surface area contributed by atoms with Gasteiger partial charge in [0.1, 0.15) is 5.75 Å². The molecule has 0 spiro atoms. The van der Waals surface area contributed by atoms with Crippen LogP contribution in [0, 0.1) is 5.41 Å². The number of nitrogens with one attached hydrogen (secondary N) is 1. The van der Waals surface area contributed by atoms with Gasteiger partial charge in [0.25, 0.3) is 5.91 Å². The highest BCUT2D eigenvalue weighted by molar-refractivity contribution is 7.89. The Hall–Kier alpha value is -3.37. The number of ether oxygens (including phenoxy) is 1. The van der Waals surface area contributed by atoms with Crippen LogP contribution in [0.5, 0.6) is 5.75 Å². The van der Waals surface area contributed by atoms with E-state index in [1.165, 1.54) is 30.4 Å². The second-order valence-electron chi connectivity index (χ2n) is 13.9. The lowest BCUT2D eigenvalue weighted by Crippen LogP contribution is -2.50. The number of nitrogens with zero attached hydrogens (tertiary/aromatic N) is 3. The highest BCUT2D eigenvalue weighted by atomic mass is 32.2. The molecule has 8 rings (SSSR count). The first-order valence-corrected chi connectivity index (χ1v) is 17.8. The van der Waals surface area contributed by atoms with Gasteiger partial charge >= 0.3 is 0 Å². The predicted molar refractivity (Wildman–Crippen MR) is 168 cm³/mol. The molecule has 3 aromatic rings. The second kappa shape index (κ2) is 9.81. The zero-order valence-electron chi connectivity index (χ0n) is 25.6.